The van der Waals surface area contributed by atoms with Crippen molar-refractivity contribution in [3.63, 3.8) is 0 Å². The lowest BCUT2D eigenvalue weighted by Crippen LogP contribution is -1.92. The molecule has 0 aliphatic rings. The number of allylic oxidation sites excluding steroid dienone is 1. The van der Waals surface area contributed by atoms with E-state index in [1.165, 1.54) is 6.92 Å². The molecule has 1 heteroatoms. The molecule has 0 aliphatic carbocycles. The summed E-state index contributed by atoms with van der Waals surface area (Å²) in [5.41, 5.74) is 1.48. The fourth-order valence-corrected chi connectivity index (χ4v) is 0.843. The summed E-state index contributed by atoms with van der Waals surface area (Å²) < 4.78 is 0. The minimum atomic E-state index is 0.0243. The molecule has 0 saturated heterocycles. The van der Waals surface area contributed by atoms with Gasteiger partial charge in [0.05, 0.1) is 0 Å². The van der Waals surface area contributed by atoms with Gasteiger partial charge in [-0.3, -0.25) is 4.79 Å². The zero-order chi connectivity index (χ0) is 10.3. The van der Waals surface area contributed by atoms with E-state index in [0.29, 0.717) is 5.57 Å². The highest BCUT2D eigenvalue weighted by molar-refractivity contribution is 6.18. The van der Waals surface area contributed by atoms with Gasteiger partial charge >= 0.3 is 0 Å². The molecule has 1 aromatic carbocycles. The molecule has 13 heavy (non-hydrogen) atoms. The Morgan fingerprint density at radius 3 is 2.00 bits per heavy atom. The lowest BCUT2D eigenvalue weighted by atomic mass is 10.1. The van der Waals surface area contributed by atoms with Crippen LogP contribution in [0.3, 0.4) is 0 Å². The van der Waals surface area contributed by atoms with Crippen molar-refractivity contribution in [2.24, 2.45) is 0 Å². The van der Waals surface area contributed by atoms with Crippen LogP contribution >= 0.6 is 0 Å². The van der Waals surface area contributed by atoms with Crippen LogP contribution in [0, 0.1) is 0 Å². The van der Waals surface area contributed by atoms with Crippen LogP contribution in [-0.2, 0) is 4.79 Å². The van der Waals surface area contributed by atoms with Crippen molar-refractivity contribution in [1.29, 1.82) is 0 Å². The van der Waals surface area contributed by atoms with Crippen LogP contribution in [-0.4, -0.2) is 5.78 Å². The Kier molecular flexibility index (Phi) is 5.53. The molecule has 1 aromatic rings. The van der Waals surface area contributed by atoms with Gasteiger partial charge in [0.2, 0.25) is 0 Å². The van der Waals surface area contributed by atoms with Crippen molar-refractivity contribution >= 4 is 11.4 Å². The fourth-order valence-electron chi connectivity index (χ4n) is 0.843. The van der Waals surface area contributed by atoms with Gasteiger partial charge in [0.15, 0.2) is 5.78 Å². The van der Waals surface area contributed by atoms with Gasteiger partial charge < -0.3 is 0 Å². The van der Waals surface area contributed by atoms with Crippen LogP contribution in [0.15, 0.2) is 36.9 Å². The minimum absolute atomic E-state index is 0.0243. The van der Waals surface area contributed by atoms with Gasteiger partial charge in [0.25, 0.3) is 0 Å². The molecule has 1 nitrogen and oxygen atoms in total. The molecule has 0 amide bonds. The van der Waals surface area contributed by atoms with Crippen LogP contribution < -0.4 is 0 Å². The standard InChI is InChI=1S/C10H10O.C2H6/c1-8(9(2)11)10-6-4-3-5-7-10;1-2/h3-7H,1H2,2H3;1-2H3. The van der Waals surface area contributed by atoms with E-state index in [4.69, 9.17) is 0 Å². The van der Waals surface area contributed by atoms with E-state index in [0.717, 1.165) is 5.56 Å². The van der Waals surface area contributed by atoms with Crippen molar-refractivity contribution in [2.75, 3.05) is 0 Å². The number of hydrogen-bond donors (Lipinski definition) is 0. The maximum absolute atomic E-state index is 10.8. The molecule has 0 fully saturated rings. The second-order valence-corrected chi connectivity index (χ2v) is 2.40. The predicted molar refractivity (Wildman–Crippen MR) is 57.5 cm³/mol. The SMILES string of the molecule is C=C(C(C)=O)c1ccccc1.CC. The third-order valence-electron chi connectivity index (χ3n) is 1.55. The van der Waals surface area contributed by atoms with Gasteiger partial charge in [0, 0.05) is 5.57 Å². The van der Waals surface area contributed by atoms with Crippen molar-refractivity contribution in [2.45, 2.75) is 20.8 Å². The number of Topliss-reactive ketones (excluding diaryl/α,β-unsaturated/α-hetero) is 1. The quantitative estimate of drug-likeness (QED) is 0.632. The lowest BCUT2D eigenvalue weighted by molar-refractivity contribution is -0.111. The predicted octanol–water partition coefficient (Wildman–Crippen LogP) is 3.32. The van der Waals surface area contributed by atoms with Gasteiger partial charge in [0.1, 0.15) is 0 Å². The normalized spacial score (nSPS) is 8.23. The molecule has 70 valence electrons. The molecule has 0 unspecified atom stereocenters. The molecular weight excluding hydrogens is 160 g/mol. The van der Waals surface area contributed by atoms with E-state index >= 15 is 0 Å². The first kappa shape index (κ1) is 11.6. The second-order valence-electron chi connectivity index (χ2n) is 2.40. The molecule has 0 N–H and O–H groups in total. The molecular formula is C12H16O. The van der Waals surface area contributed by atoms with Gasteiger partial charge in [-0.2, -0.15) is 0 Å². The molecule has 0 bridgehead atoms. The van der Waals surface area contributed by atoms with Gasteiger partial charge in [-0.15, -0.1) is 0 Å². The number of ketones is 1. The topological polar surface area (TPSA) is 17.1 Å². The molecule has 0 atom stereocenters. The molecule has 0 saturated carbocycles. The van der Waals surface area contributed by atoms with Gasteiger partial charge in [-0.05, 0) is 12.5 Å². The highest BCUT2D eigenvalue weighted by Crippen LogP contribution is 2.11. The summed E-state index contributed by atoms with van der Waals surface area (Å²) >= 11 is 0. The fraction of sp³-hybridized carbons (Fsp3) is 0.250. The van der Waals surface area contributed by atoms with Crippen LogP contribution in [0.5, 0.6) is 0 Å². The number of hydrogen-bond acceptors (Lipinski definition) is 1. The van der Waals surface area contributed by atoms with E-state index in [1.807, 2.05) is 44.2 Å². The number of carbonyl (C=O) groups is 1. The summed E-state index contributed by atoms with van der Waals surface area (Å²) in [6.07, 6.45) is 0. The van der Waals surface area contributed by atoms with Crippen LogP contribution in [0.4, 0.5) is 0 Å². The number of benzene rings is 1. The Bertz CT molecular complexity index is 272. The lowest BCUT2D eigenvalue weighted by Gasteiger charge is -1.98. The van der Waals surface area contributed by atoms with Crippen molar-refractivity contribution in [1.82, 2.24) is 0 Å². The Labute approximate surface area is 80.1 Å². The first-order valence-corrected chi connectivity index (χ1v) is 4.47. The molecule has 0 aliphatic heterocycles. The summed E-state index contributed by atoms with van der Waals surface area (Å²) in [6.45, 7) is 9.20. The average Bonchev–Trinajstić information content (AvgIpc) is 2.21. The molecule has 0 spiro atoms. The highest BCUT2D eigenvalue weighted by Gasteiger charge is 2.01. The second kappa shape index (κ2) is 6.18. The minimum Gasteiger partial charge on any atom is -0.295 e. The number of carbonyl (C=O) groups excluding carboxylic acids is 1. The van der Waals surface area contributed by atoms with E-state index in [-0.39, 0.29) is 5.78 Å². The first-order valence-electron chi connectivity index (χ1n) is 4.47. The van der Waals surface area contributed by atoms with Gasteiger partial charge in [-0.25, -0.2) is 0 Å². The molecule has 0 aromatic heterocycles. The van der Waals surface area contributed by atoms with E-state index in [2.05, 4.69) is 6.58 Å². The van der Waals surface area contributed by atoms with Crippen LogP contribution in [0.1, 0.15) is 26.3 Å². The highest BCUT2D eigenvalue weighted by atomic mass is 16.1. The third kappa shape index (κ3) is 3.70. The molecule has 0 radical (unpaired) electrons. The largest absolute Gasteiger partial charge is 0.295 e. The van der Waals surface area contributed by atoms with Crippen molar-refractivity contribution in [3.05, 3.63) is 42.5 Å². The monoisotopic (exact) mass is 176 g/mol. The maximum atomic E-state index is 10.8. The Hall–Kier alpha value is -1.37. The summed E-state index contributed by atoms with van der Waals surface area (Å²) in [7, 11) is 0. The molecule has 0 heterocycles. The van der Waals surface area contributed by atoms with E-state index < -0.39 is 0 Å². The maximum Gasteiger partial charge on any atom is 0.159 e. The third-order valence-corrected chi connectivity index (χ3v) is 1.55. The van der Waals surface area contributed by atoms with E-state index in [1.54, 1.807) is 0 Å². The number of rotatable bonds is 2. The summed E-state index contributed by atoms with van der Waals surface area (Å²) in [5, 5.41) is 0. The van der Waals surface area contributed by atoms with Crippen LogP contribution in [0.25, 0.3) is 5.57 Å². The Morgan fingerprint density at radius 2 is 1.62 bits per heavy atom. The van der Waals surface area contributed by atoms with Crippen LogP contribution in [0.2, 0.25) is 0 Å². The van der Waals surface area contributed by atoms with E-state index in [9.17, 15) is 4.79 Å². The van der Waals surface area contributed by atoms with Crippen molar-refractivity contribution in [3.8, 4) is 0 Å². The zero-order valence-corrected chi connectivity index (χ0v) is 8.50. The Morgan fingerprint density at radius 1 is 1.15 bits per heavy atom. The average molecular weight is 176 g/mol. The zero-order valence-electron chi connectivity index (χ0n) is 8.50. The Balaban J connectivity index is 0.000000671. The summed E-state index contributed by atoms with van der Waals surface area (Å²) in [4.78, 5) is 10.8. The summed E-state index contributed by atoms with van der Waals surface area (Å²) in [6, 6.07) is 9.46. The first-order chi connectivity index (χ1) is 6.22. The van der Waals surface area contributed by atoms with Crippen molar-refractivity contribution < 1.29 is 4.79 Å². The molecule has 1 rings (SSSR count). The summed E-state index contributed by atoms with van der Waals surface area (Å²) in [5.74, 6) is 0.0243. The van der Waals surface area contributed by atoms with Gasteiger partial charge in [-0.1, -0.05) is 50.8 Å². The smallest absolute Gasteiger partial charge is 0.159 e.